The number of non-ortho nitro benzene ring substituents is 1. The first-order valence-corrected chi connectivity index (χ1v) is 5.63. The summed E-state index contributed by atoms with van der Waals surface area (Å²) in [4.78, 5) is 9.90. The molecule has 1 aromatic heterocycles. The van der Waals surface area contributed by atoms with Gasteiger partial charge in [0, 0.05) is 23.6 Å². The normalized spacial score (nSPS) is 11.8. The third-order valence-corrected chi connectivity index (χ3v) is 2.73. The number of nitrogens with two attached hydrogens (primary N) is 1. The molecular weight excluding hydrogens is 236 g/mol. The molecule has 0 radical (unpaired) electrons. The smallest absolute Gasteiger partial charge is 0.271 e. The number of fused-ring (bicyclic) bond motifs is 1. The second-order valence-corrected chi connectivity index (χ2v) is 4.58. The van der Waals surface area contributed by atoms with Crippen LogP contribution in [0, 0.1) is 10.1 Å². The number of nitrogens with zero attached hydrogens (tertiary/aromatic N) is 1. The summed E-state index contributed by atoms with van der Waals surface area (Å²) in [5.41, 5.74) is 0.0869. The van der Waals surface area contributed by atoms with E-state index >= 15 is 0 Å². The lowest BCUT2D eigenvalue weighted by Gasteiger charge is -1.89. The predicted octanol–water partition coefficient (Wildman–Crippen LogP) is 0.988. The SMILES string of the molecule is NS(=O)(=O)c1cc2cc([N+](=O)[O-])ccc2o1. The minimum atomic E-state index is -3.93. The van der Waals surface area contributed by atoms with E-state index in [2.05, 4.69) is 0 Å². The summed E-state index contributed by atoms with van der Waals surface area (Å²) >= 11 is 0. The Bertz CT molecular complexity index is 673. The van der Waals surface area contributed by atoms with Gasteiger partial charge in [0.15, 0.2) is 0 Å². The largest absolute Gasteiger partial charge is 0.443 e. The topological polar surface area (TPSA) is 116 Å². The van der Waals surface area contributed by atoms with Gasteiger partial charge in [-0.3, -0.25) is 10.1 Å². The Morgan fingerprint density at radius 3 is 2.56 bits per heavy atom. The van der Waals surface area contributed by atoms with Crippen LogP contribution in [0.4, 0.5) is 5.69 Å². The molecule has 0 amide bonds. The molecule has 0 spiro atoms. The molecule has 0 aliphatic heterocycles. The van der Waals surface area contributed by atoms with Crippen molar-refractivity contribution in [2.45, 2.75) is 5.09 Å². The average molecular weight is 242 g/mol. The molecule has 2 rings (SSSR count). The van der Waals surface area contributed by atoms with Crippen LogP contribution in [0.3, 0.4) is 0 Å². The molecule has 16 heavy (non-hydrogen) atoms. The molecule has 0 saturated carbocycles. The molecule has 2 N–H and O–H groups in total. The van der Waals surface area contributed by atoms with Gasteiger partial charge in [-0.15, -0.1) is 0 Å². The number of rotatable bonds is 2. The van der Waals surface area contributed by atoms with Crippen molar-refractivity contribution in [3.05, 3.63) is 34.4 Å². The minimum Gasteiger partial charge on any atom is -0.443 e. The number of primary sulfonamides is 1. The summed E-state index contributed by atoms with van der Waals surface area (Å²) in [7, 11) is -3.93. The van der Waals surface area contributed by atoms with Crippen molar-refractivity contribution in [1.29, 1.82) is 0 Å². The summed E-state index contributed by atoms with van der Waals surface area (Å²) in [6, 6.07) is 4.91. The van der Waals surface area contributed by atoms with Crippen molar-refractivity contribution in [2.75, 3.05) is 0 Å². The molecule has 0 aliphatic carbocycles. The number of furan rings is 1. The molecule has 7 nitrogen and oxygen atoms in total. The Kier molecular flexibility index (Phi) is 2.17. The Morgan fingerprint density at radius 2 is 2.00 bits per heavy atom. The third kappa shape index (κ3) is 1.75. The van der Waals surface area contributed by atoms with Gasteiger partial charge in [0.2, 0.25) is 5.09 Å². The van der Waals surface area contributed by atoms with Gasteiger partial charge >= 0.3 is 0 Å². The maximum Gasteiger partial charge on any atom is 0.271 e. The molecular formula is C8H6N2O5S. The molecule has 1 heterocycles. The van der Waals surface area contributed by atoms with Crippen molar-refractivity contribution in [3.63, 3.8) is 0 Å². The van der Waals surface area contributed by atoms with Crippen LogP contribution in [0.5, 0.6) is 0 Å². The van der Waals surface area contributed by atoms with Crippen LogP contribution in [-0.2, 0) is 10.0 Å². The number of hydrogen-bond acceptors (Lipinski definition) is 5. The second-order valence-electron chi connectivity index (χ2n) is 3.09. The van der Waals surface area contributed by atoms with Crippen LogP contribution in [0.15, 0.2) is 33.8 Å². The zero-order chi connectivity index (χ0) is 11.9. The number of nitro groups is 1. The zero-order valence-electron chi connectivity index (χ0n) is 7.78. The van der Waals surface area contributed by atoms with E-state index in [0.29, 0.717) is 5.39 Å². The van der Waals surface area contributed by atoms with E-state index in [1.165, 1.54) is 18.2 Å². The third-order valence-electron chi connectivity index (χ3n) is 1.97. The standard InChI is InChI=1S/C8H6N2O5S/c9-16(13,14)8-4-5-3-6(10(11)12)1-2-7(5)15-8/h1-4H,(H2,9,13,14). The van der Waals surface area contributed by atoms with Gasteiger partial charge in [0.1, 0.15) is 5.58 Å². The van der Waals surface area contributed by atoms with Crippen LogP contribution in [0.25, 0.3) is 11.0 Å². The van der Waals surface area contributed by atoms with E-state index < -0.39 is 20.0 Å². The Morgan fingerprint density at radius 1 is 1.31 bits per heavy atom. The molecule has 0 bridgehead atoms. The molecule has 0 fully saturated rings. The molecule has 1 aromatic carbocycles. The maximum atomic E-state index is 11.0. The van der Waals surface area contributed by atoms with Gasteiger partial charge in [-0.1, -0.05) is 0 Å². The van der Waals surface area contributed by atoms with Crippen LogP contribution in [0.2, 0.25) is 0 Å². The molecule has 0 atom stereocenters. The predicted molar refractivity (Wildman–Crippen MR) is 54.2 cm³/mol. The van der Waals surface area contributed by atoms with E-state index in [-0.39, 0.29) is 11.3 Å². The van der Waals surface area contributed by atoms with E-state index in [4.69, 9.17) is 9.56 Å². The number of sulfonamides is 1. The fourth-order valence-corrected chi connectivity index (χ4v) is 1.76. The average Bonchev–Trinajstić information content (AvgIpc) is 2.58. The first-order valence-electron chi connectivity index (χ1n) is 4.09. The highest BCUT2D eigenvalue weighted by atomic mass is 32.2. The first-order chi connectivity index (χ1) is 7.38. The highest BCUT2D eigenvalue weighted by molar-refractivity contribution is 7.89. The van der Waals surface area contributed by atoms with E-state index in [1.807, 2.05) is 0 Å². The molecule has 0 saturated heterocycles. The van der Waals surface area contributed by atoms with Crippen LogP contribution >= 0.6 is 0 Å². The monoisotopic (exact) mass is 242 g/mol. The number of hydrogen-bond donors (Lipinski definition) is 1. The van der Waals surface area contributed by atoms with Crippen molar-refractivity contribution in [2.24, 2.45) is 5.14 Å². The van der Waals surface area contributed by atoms with Crippen molar-refractivity contribution in [3.8, 4) is 0 Å². The van der Waals surface area contributed by atoms with Gasteiger partial charge < -0.3 is 4.42 Å². The van der Waals surface area contributed by atoms with Crippen LogP contribution < -0.4 is 5.14 Å². The second kappa shape index (κ2) is 3.29. The van der Waals surface area contributed by atoms with Gasteiger partial charge in [0.05, 0.1) is 4.92 Å². The molecule has 8 heteroatoms. The Hall–Kier alpha value is -1.93. The molecule has 2 aromatic rings. The lowest BCUT2D eigenvalue weighted by molar-refractivity contribution is -0.384. The fraction of sp³-hybridized carbons (Fsp3) is 0. The molecule has 0 unspecified atom stereocenters. The van der Waals surface area contributed by atoms with Gasteiger partial charge in [0.25, 0.3) is 15.7 Å². The Labute approximate surface area is 89.7 Å². The quantitative estimate of drug-likeness (QED) is 0.622. The number of nitro benzene ring substituents is 1. The highest BCUT2D eigenvalue weighted by Gasteiger charge is 2.16. The van der Waals surface area contributed by atoms with Crippen molar-refractivity contribution >= 4 is 26.7 Å². The van der Waals surface area contributed by atoms with E-state index in [0.717, 1.165) is 6.07 Å². The maximum absolute atomic E-state index is 11.0. The van der Waals surface area contributed by atoms with Gasteiger partial charge in [-0.2, -0.15) is 0 Å². The zero-order valence-corrected chi connectivity index (χ0v) is 8.60. The number of benzene rings is 1. The summed E-state index contributed by atoms with van der Waals surface area (Å²) in [6.45, 7) is 0. The van der Waals surface area contributed by atoms with Crippen molar-refractivity contribution in [1.82, 2.24) is 0 Å². The summed E-state index contributed by atoms with van der Waals surface area (Å²) in [6.07, 6.45) is 0. The van der Waals surface area contributed by atoms with Crippen LogP contribution in [0.1, 0.15) is 0 Å². The molecule has 0 aliphatic rings. The minimum absolute atomic E-state index is 0.144. The summed E-state index contributed by atoms with van der Waals surface area (Å²) < 4.78 is 26.9. The summed E-state index contributed by atoms with van der Waals surface area (Å²) in [5, 5.41) is 15.2. The van der Waals surface area contributed by atoms with E-state index in [1.54, 1.807) is 0 Å². The fourth-order valence-electron chi connectivity index (χ4n) is 1.26. The molecule has 84 valence electrons. The van der Waals surface area contributed by atoms with Gasteiger partial charge in [-0.25, -0.2) is 13.6 Å². The lowest BCUT2D eigenvalue weighted by Crippen LogP contribution is -2.10. The van der Waals surface area contributed by atoms with E-state index in [9.17, 15) is 18.5 Å². The van der Waals surface area contributed by atoms with Gasteiger partial charge in [-0.05, 0) is 6.07 Å². The lowest BCUT2D eigenvalue weighted by atomic mass is 10.2. The Balaban J connectivity index is 2.68. The van der Waals surface area contributed by atoms with Crippen molar-refractivity contribution < 1.29 is 17.8 Å². The highest BCUT2D eigenvalue weighted by Crippen LogP contribution is 2.25. The summed E-state index contributed by atoms with van der Waals surface area (Å²) in [5.74, 6) is 0. The van der Waals surface area contributed by atoms with Crippen LogP contribution in [-0.4, -0.2) is 13.3 Å². The first kappa shape index (κ1) is 10.6.